The third-order valence-corrected chi connectivity index (χ3v) is 3.55. The van der Waals surface area contributed by atoms with E-state index in [0.717, 1.165) is 0 Å². The second kappa shape index (κ2) is 11.6. The normalized spacial score (nSPS) is 14.1. The highest BCUT2D eigenvalue weighted by molar-refractivity contribution is 5.93. The third kappa shape index (κ3) is 9.86. The minimum absolute atomic E-state index is 0.0292. The number of hydrogen-bond donors (Lipinski definition) is 4. The molecule has 0 bridgehead atoms. The summed E-state index contributed by atoms with van der Waals surface area (Å²) < 4.78 is 0. The van der Waals surface area contributed by atoms with Crippen LogP contribution in [0.15, 0.2) is 17.1 Å². The molecule has 6 N–H and O–H groups in total. The molecule has 0 fully saturated rings. The maximum absolute atomic E-state index is 12.6. The SMILES string of the molecule is CC(C)N[C@H](C(=O)NC(/C=C/CCN=C(N)N)C(=O)C(C)C)C(C)C. The summed E-state index contributed by atoms with van der Waals surface area (Å²) in [4.78, 5) is 28.9. The van der Waals surface area contributed by atoms with Gasteiger partial charge in [-0.05, 0) is 12.3 Å². The topological polar surface area (TPSA) is 123 Å². The second-order valence-corrected chi connectivity index (χ2v) is 7.11. The zero-order valence-corrected chi connectivity index (χ0v) is 16.4. The first-order valence-corrected chi connectivity index (χ1v) is 8.88. The number of ketones is 1. The van der Waals surface area contributed by atoms with Crippen LogP contribution in [-0.2, 0) is 9.59 Å². The van der Waals surface area contributed by atoms with Crippen molar-refractivity contribution in [3.8, 4) is 0 Å². The Bertz CT molecular complexity index is 480. The van der Waals surface area contributed by atoms with Crippen LogP contribution in [0.3, 0.4) is 0 Å². The van der Waals surface area contributed by atoms with Crippen LogP contribution < -0.4 is 22.1 Å². The molecule has 0 saturated carbocycles. The maximum Gasteiger partial charge on any atom is 0.238 e. The summed E-state index contributed by atoms with van der Waals surface area (Å²) in [7, 11) is 0. The van der Waals surface area contributed by atoms with E-state index < -0.39 is 6.04 Å². The molecule has 7 heteroatoms. The fraction of sp³-hybridized carbons (Fsp3) is 0.722. The number of amides is 1. The molecule has 144 valence electrons. The molecule has 0 heterocycles. The van der Waals surface area contributed by atoms with Gasteiger partial charge in [-0.15, -0.1) is 0 Å². The first kappa shape index (κ1) is 23.1. The average molecular weight is 354 g/mol. The van der Waals surface area contributed by atoms with Gasteiger partial charge in [0.1, 0.15) is 6.04 Å². The lowest BCUT2D eigenvalue weighted by atomic mass is 9.98. The average Bonchev–Trinajstić information content (AvgIpc) is 2.49. The minimum Gasteiger partial charge on any atom is -0.370 e. The van der Waals surface area contributed by atoms with Crippen LogP contribution in [0.1, 0.15) is 48.0 Å². The fourth-order valence-corrected chi connectivity index (χ4v) is 2.25. The quantitative estimate of drug-likeness (QED) is 0.190. The number of nitrogens with zero attached hydrogens (tertiary/aromatic N) is 1. The molecule has 25 heavy (non-hydrogen) atoms. The van der Waals surface area contributed by atoms with Crippen molar-refractivity contribution in [2.45, 2.75) is 66.1 Å². The molecule has 0 aliphatic heterocycles. The summed E-state index contributed by atoms with van der Waals surface area (Å²) in [5.41, 5.74) is 10.6. The lowest BCUT2D eigenvalue weighted by molar-refractivity contribution is -0.130. The number of aliphatic imine (C=N–C) groups is 1. The summed E-state index contributed by atoms with van der Waals surface area (Å²) in [6.07, 6.45) is 4.13. The molecule has 2 atom stereocenters. The molecule has 0 aromatic carbocycles. The van der Waals surface area contributed by atoms with Crippen molar-refractivity contribution in [3.05, 3.63) is 12.2 Å². The van der Waals surface area contributed by atoms with Gasteiger partial charge in [0.05, 0.1) is 6.04 Å². The van der Waals surface area contributed by atoms with Gasteiger partial charge in [-0.2, -0.15) is 0 Å². The van der Waals surface area contributed by atoms with Gasteiger partial charge in [-0.3, -0.25) is 14.6 Å². The van der Waals surface area contributed by atoms with Crippen molar-refractivity contribution in [1.82, 2.24) is 10.6 Å². The molecule has 0 rings (SSSR count). The van der Waals surface area contributed by atoms with Gasteiger partial charge < -0.3 is 22.1 Å². The van der Waals surface area contributed by atoms with E-state index in [-0.39, 0.29) is 41.6 Å². The van der Waals surface area contributed by atoms with Gasteiger partial charge in [0, 0.05) is 18.5 Å². The van der Waals surface area contributed by atoms with E-state index in [9.17, 15) is 9.59 Å². The van der Waals surface area contributed by atoms with Crippen molar-refractivity contribution in [1.29, 1.82) is 0 Å². The Morgan fingerprint density at radius 2 is 1.68 bits per heavy atom. The number of nitrogens with one attached hydrogen (secondary N) is 2. The summed E-state index contributed by atoms with van der Waals surface area (Å²) in [5.74, 6) is -0.225. The van der Waals surface area contributed by atoms with Crippen molar-refractivity contribution >= 4 is 17.6 Å². The molecule has 7 nitrogen and oxygen atoms in total. The molecular formula is C18H35N5O2. The number of rotatable bonds is 11. The van der Waals surface area contributed by atoms with E-state index in [0.29, 0.717) is 13.0 Å². The number of guanidine groups is 1. The van der Waals surface area contributed by atoms with Gasteiger partial charge in [-0.1, -0.05) is 53.7 Å². The lowest BCUT2D eigenvalue weighted by Gasteiger charge is -2.26. The molecular weight excluding hydrogens is 318 g/mol. The highest BCUT2D eigenvalue weighted by Crippen LogP contribution is 2.07. The minimum atomic E-state index is -0.651. The first-order valence-electron chi connectivity index (χ1n) is 8.88. The summed E-state index contributed by atoms with van der Waals surface area (Å²) in [5, 5.41) is 6.11. The molecule has 1 amide bonds. The number of Topliss-reactive ketones (excluding diaryl/α,β-unsaturated/α-hetero) is 1. The van der Waals surface area contributed by atoms with Crippen LogP contribution in [0.25, 0.3) is 0 Å². The monoisotopic (exact) mass is 353 g/mol. The highest BCUT2D eigenvalue weighted by Gasteiger charge is 2.27. The highest BCUT2D eigenvalue weighted by atomic mass is 16.2. The molecule has 0 aromatic heterocycles. The van der Waals surface area contributed by atoms with E-state index in [4.69, 9.17) is 11.5 Å². The molecule has 1 unspecified atom stereocenters. The Balaban J connectivity index is 5.03. The zero-order valence-electron chi connectivity index (χ0n) is 16.4. The summed E-state index contributed by atoms with van der Waals surface area (Å²) >= 11 is 0. The van der Waals surface area contributed by atoms with E-state index in [1.165, 1.54) is 0 Å². The van der Waals surface area contributed by atoms with E-state index in [1.807, 2.05) is 47.6 Å². The predicted molar refractivity (Wildman–Crippen MR) is 103 cm³/mol. The van der Waals surface area contributed by atoms with Crippen molar-refractivity contribution in [2.24, 2.45) is 28.3 Å². The predicted octanol–water partition coefficient (Wildman–Crippen LogP) is 0.939. The number of nitrogens with two attached hydrogens (primary N) is 2. The van der Waals surface area contributed by atoms with Crippen LogP contribution in [0, 0.1) is 11.8 Å². The van der Waals surface area contributed by atoms with Gasteiger partial charge in [0.25, 0.3) is 0 Å². The summed E-state index contributed by atoms with van der Waals surface area (Å²) in [6.45, 7) is 12.0. The first-order chi connectivity index (χ1) is 11.6. The van der Waals surface area contributed by atoms with E-state index in [1.54, 1.807) is 6.08 Å². The number of hydrogen-bond acceptors (Lipinski definition) is 4. The van der Waals surface area contributed by atoms with Gasteiger partial charge in [0.15, 0.2) is 11.7 Å². The van der Waals surface area contributed by atoms with Crippen LogP contribution >= 0.6 is 0 Å². The molecule has 0 aliphatic carbocycles. The molecule has 0 aliphatic rings. The standard InChI is InChI=1S/C18H35N5O2/c1-11(2)15(22-13(5)6)17(25)23-14(16(24)12(3)4)9-7-8-10-21-18(19)20/h7,9,11-15,22H,8,10H2,1-6H3,(H,23,25)(H4,19,20,21)/b9-7+/t14?,15-/m0/s1. The molecule has 0 saturated heterocycles. The van der Waals surface area contributed by atoms with E-state index >= 15 is 0 Å². The van der Waals surface area contributed by atoms with Crippen LogP contribution in [0.2, 0.25) is 0 Å². The third-order valence-electron chi connectivity index (χ3n) is 3.55. The lowest BCUT2D eigenvalue weighted by Crippen LogP contribution is -2.53. The molecule has 0 spiro atoms. The number of carbonyl (C=O) groups is 2. The number of carbonyl (C=O) groups excluding carboxylic acids is 2. The van der Waals surface area contributed by atoms with Gasteiger partial charge in [0.2, 0.25) is 5.91 Å². The molecule has 0 aromatic rings. The van der Waals surface area contributed by atoms with Crippen molar-refractivity contribution in [3.63, 3.8) is 0 Å². The Kier molecular flexibility index (Phi) is 10.7. The van der Waals surface area contributed by atoms with E-state index in [2.05, 4.69) is 15.6 Å². The van der Waals surface area contributed by atoms with Gasteiger partial charge >= 0.3 is 0 Å². The molecule has 0 radical (unpaired) electrons. The van der Waals surface area contributed by atoms with Crippen LogP contribution in [-0.4, -0.2) is 42.3 Å². The Hall–Kier alpha value is -1.89. The summed E-state index contributed by atoms with van der Waals surface area (Å²) in [6, 6.07) is -0.827. The fourth-order valence-electron chi connectivity index (χ4n) is 2.25. The van der Waals surface area contributed by atoms with Crippen molar-refractivity contribution < 1.29 is 9.59 Å². The Labute approximate surface area is 151 Å². The Morgan fingerprint density at radius 3 is 2.12 bits per heavy atom. The van der Waals surface area contributed by atoms with Crippen LogP contribution in [0.5, 0.6) is 0 Å². The smallest absolute Gasteiger partial charge is 0.238 e. The largest absolute Gasteiger partial charge is 0.370 e. The zero-order chi connectivity index (χ0) is 19.6. The maximum atomic E-state index is 12.6. The van der Waals surface area contributed by atoms with Gasteiger partial charge in [-0.25, -0.2) is 0 Å². The van der Waals surface area contributed by atoms with Crippen LogP contribution in [0.4, 0.5) is 0 Å². The second-order valence-electron chi connectivity index (χ2n) is 7.11. The van der Waals surface area contributed by atoms with Crippen molar-refractivity contribution in [2.75, 3.05) is 6.54 Å². The Morgan fingerprint density at radius 1 is 1.08 bits per heavy atom.